The molecule has 0 aliphatic rings. The first-order chi connectivity index (χ1) is 12.5. The second-order valence-corrected chi connectivity index (χ2v) is 18.2. The molecule has 0 aromatic rings. The molecule has 0 amide bonds. The molecule has 0 atom stereocenters. The molecule has 0 rings (SSSR count). The molecule has 0 bridgehead atoms. The largest absolute Gasteiger partial charge is 0.462 e. The third kappa shape index (κ3) is 21.2. The molecular formula is C21H40I2O2Si. The van der Waals surface area contributed by atoms with Crippen LogP contribution >= 0.6 is 45.2 Å². The third-order valence-corrected chi connectivity index (χ3v) is 9.73. The molecule has 2 nitrogen and oxygen atoms in total. The molecule has 0 aliphatic carbocycles. The van der Waals surface area contributed by atoms with E-state index in [9.17, 15) is 4.79 Å². The molecule has 0 aromatic carbocycles. The average Bonchev–Trinajstić information content (AvgIpc) is 2.60. The van der Waals surface area contributed by atoms with Crippen LogP contribution in [-0.2, 0) is 9.53 Å². The Hall–Kier alpha value is 0.887. The minimum atomic E-state index is -0.253. The van der Waals surface area contributed by atoms with E-state index in [1.54, 1.807) is 13.0 Å². The predicted octanol–water partition coefficient (Wildman–Crippen LogP) is 7.31. The quantitative estimate of drug-likeness (QED) is 0.0385. The summed E-state index contributed by atoms with van der Waals surface area (Å²) in [5.41, 5.74) is 0.493. The summed E-state index contributed by atoms with van der Waals surface area (Å²) in [7, 11) is 0.226. The van der Waals surface area contributed by atoms with E-state index in [0.29, 0.717) is 12.2 Å². The molecule has 0 spiro atoms. The second kappa shape index (κ2) is 20.6. The van der Waals surface area contributed by atoms with Crippen molar-refractivity contribution < 1.29 is 9.53 Å². The van der Waals surface area contributed by atoms with E-state index >= 15 is 0 Å². The van der Waals surface area contributed by atoms with Crippen molar-refractivity contribution in [3.05, 3.63) is 12.2 Å². The van der Waals surface area contributed by atoms with E-state index in [1.807, 2.05) is 0 Å². The lowest BCUT2D eigenvalue weighted by molar-refractivity contribution is -0.139. The first-order valence-corrected chi connectivity index (χ1v) is 15.0. The van der Waals surface area contributed by atoms with Gasteiger partial charge >= 0.3 is 5.97 Å². The molecule has 0 radical (unpaired) electrons. The van der Waals surface area contributed by atoms with E-state index < -0.39 is 0 Å². The molecule has 0 fully saturated rings. The van der Waals surface area contributed by atoms with E-state index in [4.69, 9.17) is 4.74 Å². The lowest BCUT2D eigenvalue weighted by Crippen LogP contribution is -2.05. The van der Waals surface area contributed by atoms with Gasteiger partial charge in [-0.3, -0.25) is 0 Å². The van der Waals surface area contributed by atoms with Gasteiger partial charge in [-0.25, -0.2) is 4.79 Å². The van der Waals surface area contributed by atoms with Gasteiger partial charge in [0.05, 0.1) is 6.61 Å². The molecule has 0 saturated carbocycles. The Bertz CT molecular complexity index is 349. The van der Waals surface area contributed by atoms with Crippen LogP contribution in [0.15, 0.2) is 12.2 Å². The maximum Gasteiger partial charge on any atom is 0.333 e. The Morgan fingerprint density at radius 1 is 0.808 bits per heavy atom. The number of ether oxygens (including phenoxy) is 1. The zero-order valence-corrected chi connectivity index (χ0v) is 22.6. The number of alkyl halides is 2. The fourth-order valence-corrected chi connectivity index (χ4v) is 6.58. The summed E-state index contributed by atoms with van der Waals surface area (Å²) in [6.07, 6.45) is 19.1. The number of rotatable bonds is 19. The Balaban J connectivity index is 3.07. The normalized spacial score (nSPS) is 11.5. The molecular weight excluding hydrogens is 566 g/mol. The van der Waals surface area contributed by atoms with Crippen molar-refractivity contribution in [3.63, 3.8) is 0 Å². The van der Waals surface area contributed by atoms with Gasteiger partial charge in [0.1, 0.15) is 0 Å². The van der Waals surface area contributed by atoms with Gasteiger partial charge in [0.25, 0.3) is 0 Å². The SMILES string of the molecule is C=C(C)C(=O)OCCCCCCCCCCCCCCCC[SiH2]C(I)I. The van der Waals surface area contributed by atoms with Gasteiger partial charge in [0.15, 0.2) is 0 Å². The summed E-state index contributed by atoms with van der Waals surface area (Å²) in [6.45, 7) is 5.82. The maximum absolute atomic E-state index is 11.2. The number of halogens is 2. The molecule has 154 valence electrons. The van der Waals surface area contributed by atoms with Gasteiger partial charge < -0.3 is 4.74 Å². The number of esters is 1. The van der Waals surface area contributed by atoms with Crippen LogP contribution in [0.25, 0.3) is 0 Å². The van der Waals surface area contributed by atoms with Gasteiger partial charge in [-0.2, -0.15) is 0 Å². The number of carbonyl (C=O) groups excluding carboxylic acids is 1. The predicted molar refractivity (Wildman–Crippen MR) is 136 cm³/mol. The topological polar surface area (TPSA) is 26.3 Å². The van der Waals surface area contributed by atoms with Crippen molar-refractivity contribution in [2.75, 3.05) is 6.61 Å². The molecule has 0 N–H and O–H groups in total. The Labute approximate surface area is 192 Å². The fraction of sp³-hybridized carbons (Fsp3) is 0.857. The summed E-state index contributed by atoms with van der Waals surface area (Å²) in [6, 6.07) is 1.55. The van der Waals surface area contributed by atoms with E-state index in [2.05, 4.69) is 51.8 Å². The summed E-state index contributed by atoms with van der Waals surface area (Å²) in [5, 5.41) is 0. The van der Waals surface area contributed by atoms with Gasteiger partial charge in [0, 0.05) is 16.6 Å². The van der Waals surface area contributed by atoms with Crippen LogP contribution in [0.3, 0.4) is 0 Å². The third-order valence-electron chi connectivity index (χ3n) is 4.65. The lowest BCUT2D eigenvalue weighted by Gasteiger charge is -2.05. The number of carbonyl (C=O) groups is 1. The van der Waals surface area contributed by atoms with Crippen molar-refractivity contribution in [2.45, 2.75) is 104 Å². The molecule has 0 heterocycles. The van der Waals surface area contributed by atoms with Gasteiger partial charge in [-0.15, -0.1) is 0 Å². The fourth-order valence-electron chi connectivity index (χ4n) is 2.99. The monoisotopic (exact) mass is 606 g/mol. The summed E-state index contributed by atoms with van der Waals surface area (Å²) in [5.74, 6) is -0.253. The summed E-state index contributed by atoms with van der Waals surface area (Å²) < 4.78 is 6.05. The van der Waals surface area contributed by atoms with Crippen LogP contribution < -0.4 is 0 Å². The molecule has 26 heavy (non-hydrogen) atoms. The highest BCUT2D eigenvalue weighted by Crippen LogP contribution is 2.15. The zero-order valence-electron chi connectivity index (χ0n) is 16.9. The summed E-state index contributed by atoms with van der Waals surface area (Å²) >= 11 is 5.16. The second-order valence-electron chi connectivity index (χ2n) is 7.40. The molecule has 0 aliphatic heterocycles. The molecule has 5 heteroatoms. The first-order valence-electron chi connectivity index (χ1n) is 10.6. The minimum Gasteiger partial charge on any atom is -0.462 e. The minimum absolute atomic E-state index is 0.226. The molecule has 0 unspecified atom stereocenters. The van der Waals surface area contributed by atoms with Crippen molar-refractivity contribution in [2.24, 2.45) is 0 Å². The Morgan fingerprint density at radius 3 is 1.58 bits per heavy atom. The van der Waals surface area contributed by atoms with E-state index in [-0.39, 0.29) is 15.5 Å². The van der Waals surface area contributed by atoms with Crippen LogP contribution in [0.2, 0.25) is 6.04 Å². The van der Waals surface area contributed by atoms with Crippen molar-refractivity contribution in [3.8, 4) is 0 Å². The van der Waals surface area contributed by atoms with Crippen LogP contribution in [0.4, 0.5) is 0 Å². The standard InChI is InChI=1S/C21H40I2O2Si/c1-19(2)20(24)25-17-15-13-11-9-7-5-3-4-6-8-10-12-14-16-18-26-21(22)23/h21H,1,3-18,26H2,2H3. The number of hydrogen-bond acceptors (Lipinski definition) is 2. The van der Waals surface area contributed by atoms with E-state index in [0.717, 1.165) is 7.98 Å². The van der Waals surface area contributed by atoms with Crippen LogP contribution in [0, 0.1) is 0 Å². The molecule has 0 saturated heterocycles. The van der Waals surface area contributed by atoms with Crippen LogP contribution in [-0.4, -0.2) is 23.7 Å². The summed E-state index contributed by atoms with van der Waals surface area (Å²) in [4.78, 5) is 11.2. The highest BCUT2D eigenvalue weighted by molar-refractivity contribution is 14.2. The van der Waals surface area contributed by atoms with Crippen molar-refractivity contribution >= 4 is 60.7 Å². The maximum atomic E-state index is 11.2. The van der Waals surface area contributed by atoms with Crippen LogP contribution in [0.1, 0.15) is 96.8 Å². The van der Waals surface area contributed by atoms with Gasteiger partial charge in [0.2, 0.25) is 0 Å². The van der Waals surface area contributed by atoms with Crippen molar-refractivity contribution in [1.82, 2.24) is 0 Å². The van der Waals surface area contributed by atoms with Gasteiger partial charge in [-0.05, 0) is 13.3 Å². The average molecular weight is 606 g/mol. The van der Waals surface area contributed by atoms with Crippen molar-refractivity contribution in [1.29, 1.82) is 0 Å². The Kier molecular flexibility index (Phi) is 21.3. The van der Waals surface area contributed by atoms with Gasteiger partial charge in [-0.1, -0.05) is 141 Å². The lowest BCUT2D eigenvalue weighted by atomic mass is 10.0. The van der Waals surface area contributed by atoms with Crippen LogP contribution in [0.5, 0.6) is 0 Å². The van der Waals surface area contributed by atoms with E-state index in [1.165, 1.54) is 83.5 Å². The number of hydrogen-bond donors (Lipinski definition) is 0. The number of unbranched alkanes of at least 4 members (excludes halogenated alkanes) is 13. The highest BCUT2D eigenvalue weighted by atomic mass is 127. The first kappa shape index (κ1) is 26.9. The highest BCUT2D eigenvalue weighted by Gasteiger charge is 2.02. The smallest absolute Gasteiger partial charge is 0.333 e. The Morgan fingerprint density at radius 2 is 1.19 bits per heavy atom. The zero-order chi connectivity index (χ0) is 19.5. The molecule has 0 aromatic heterocycles.